The first-order valence-corrected chi connectivity index (χ1v) is 10.5. The van der Waals surface area contributed by atoms with E-state index in [1.807, 2.05) is 0 Å². The minimum absolute atomic E-state index is 0.00297. The van der Waals surface area contributed by atoms with E-state index in [4.69, 9.17) is 21.4 Å². The summed E-state index contributed by atoms with van der Waals surface area (Å²) in [4.78, 5) is 41.0. The van der Waals surface area contributed by atoms with E-state index in [9.17, 15) is 19.5 Å². The number of halogens is 1. The number of aromatic nitrogens is 3. The lowest BCUT2D eigenvalue weighted by molar-refractivity contribution is -0.141. The smallest absolute Gasteiger partial charge is 0.354 e. The Balaban J connectivity index is 2.00. The number of rotatable bonds is 10. The van der Waals surface area contributed by atoms with Crippen LogP contribution in [0.3, 0.4) is 0 Å². The van der Waals surface area contributed by atoms with E-state index >= 15 is 0 Å². The summed E-state index contributed by atoms with van der Waals surface area (Å²) in [5.41, 5.74) is -0.274. The number of aliphatic hydroxyl groups excluding tert-OH is 1. The van der Waals surface area contributed by atoms with Gasteiger partial charge in [-0.25, -0.2) is 14.2 Å². The van der Waals surface area contributed by atoms with E-state index in [2.05, 4.69) is 10.3 Å². The van der Waals surface area contributed by atoms with Crippen LogP contribution in [0.1, 0.15) is 12.5 Å². The van der Waals surface area contributed by atoms with Crippen LogP contribution in [0.5, 0.6) is 5.75 Å². The maximum absolute atomic E-state index is 13.2. The Kier molecular flexibility index (Phi) is 7.86. The number of aliphatic hydroxyl groups is 1. The van der Waals surface area contributed by atoms with Crippen LogP contribution in [0.4, 0.5) is 11.6 Å². The summed E-state index contributed by atoms with van der Waals surface area (Å²) >= 11 is 5.94. The molecule has 0 bridgehead atoms. The summed E-state index contributed by atoms with van der Waals surface area (Å²) in [5.74, 6) is -1.54. The number of nitrogens with one attached hydrogen (secondary N) is 1. The van der Waals surface area contributed by atoms with Crippen LogP contribution in [0.15, 0.2) is 58.1 Å². The second-order valence-electron chi connectivity index (χ2n) is 7.28. The molecule has 11 heteroatoms. The molecule has 174 valence electrons. The van der Waals surface area contributed by atoms with Gasteiger partial charge < -0.3 is 20.3 Å². The Labute approximate surface area is 193 Å². The van der Waals surface area contributed by atoms with Gasteiger partial charge in [-0.2, -0.15) is 4.98 Å². The molecule has 1 aromatic heterocycles. The minimum Gasteiger partial charge on any atom is -0.491 e. The fourth-order valence-corrected chi connectivity index (χ4v) is 3.10. The normalized spacial score (nSPS) is 11.7. The van der Waals surface area contributed by atoms with Crippen LogP contribution in [0.25, 0.3) is 0 Å². The summed E-state index contributed by atoms with van der Waals surface area (Å²) in [5, 5.41) is 21.5. The topological polar surface area (TPSA) is 136 Å². The molecule has 0 spiro atoms. The zero-order valence-corrected chi connectivity index (χ0v) is 18.5. The van der Waals surface area contributed by atoms with Crippen molar-refractivity contribution >= 4 is 29.2 Å². The molecule has 0 amide bonds. The van der Waals surface area contributed by atoms with Gasteiger partial charge in [0.2, 0.25) is 5.95 Å². The summed E-state index contributed by atoms with van der Waals surface area (Å²) < 4.78 is 7.39. The predicted molar refractivity (Wildman–Crippen MR) is 122 cm³/mol. The summed E-state index contributed by atoms with van der Waals surface area (Å²) in [7, 11) is 0. The van der Waals surface area contributed by atoms with Gasteiger partial charge in [-0.05, 0) is 42.0 Å². The third kappa shape index (κ3) is 6.21. The minimum atomic E-state index is -1.13. The molecule has 0 radical (unpaired) electrons. The SMILES string of the molecule is C[C@@H](Cn1c(=O)nc(Nc2ccc(OCCO)cc2)n(Cc2ccc(Cl)cc2)c1=O)C(=O)O. The van der Waals surface area contributed by atoms with Gasteiger partial charge in [0, 0.05) is 17.3 Å². The van der Waals surface area contributed by atoms with Crippen LogP contribution < -0.4 is 21.4 Å². The fourth-order valence-electron chi connectivity index (χ4n) is 2.97. The molecule has 10 nitrogen and oxygen atoms in total. The quantitative estimate of drug-likeness (QED) is 0.405. The first-order valence-electron chi connectivity index (χ1n) is 10.1. The van der Waals surface area contributed by atoms with E-state index in [-0.39, 0.29) is 32.3 Å². The number of anilines is 2. The summed E-state index contributed by atoms with van der Waals surface area (Å²) in [6.07, 6.45) is 0. The first kappa shape index (κ1) is 24.0. The number of aliphatic carboxylic acids is 1. The number of hydrogen-bond donors (Lipinski definition) is 3. The number of benzene rings is 2. The number of carboxylic acid groups (broad SMARTS) is 1. The highest BCUT2D eigenvalue weighted by Gasteiger charge is 2.19. The lowest BCUT2D eigenvalue weighted by Gasteiger charge is -2.17. The summed E-state index contributed by atoms with van der Waals surface area (Å²) in [6.45, 7) is 1.21. The molecule has 33 heavy (non-hydrogen) atoms. The van der Waals surface area contributed by atoms with Crippen molar-refractivity contribution < 1.29 is 19.7 Å². The van der Waals surface area contributed by atoms with Crippen LogP contribution in [0, 0.1) is 5.92 Å². The van der Waals surface area contributed by atoms with Crippen LogP contribution in [0.2, 0.25) is 5.02 Å². The molecule has 0 saturated heterocycles. The molecule has 0 aliphatic rings. The number of ether oxygens (including phenoxy) is 1. The Morgan fingerprint density at radius 1 is 1.12 bits per heavy atom. The second kappa shape index (κ2) is 10.8. The monoisotopic (exact) mass is 474 g/mol. The molecule has 3 rings (SSSR count). The second-order valence-corrected chi connectivity index (χ2v) is 7.72. The van der Waals surface area contributed by atoms with E-state index in [0.29, 0.717) is 16.5 Å². The molecule has 0 aliphatic carbocycles. The first-order chi connectivity index (χ1) is 15.8. The van der Waals surface area contributed by atoms with Crippen molar-refractivity contribution in [3.05, 3.63) is 80.1 Å². The molecule has 1 heterocycles. The number of carbonyl (C=O) groups is 1. The highest BCUT2D eigenvalue weighted by Crippen LogP contribution is 2.19. The third-order valence-electron chi connectivity index (χ3n) is 4.75. The van der Waals surface area contributed by atoms with Crippen molar-refractivity contribution in [3.63, 3.8) is 0 Å². The van der Waals surface area contributed by atoms with Crippen molar-refractivity contribution in [1.29, 1.82) is 0 Å². The summed E-state index contributed by atoms with van der Waals surface area (Å²) in [6, 6.07) is 13.5. The molecular weight excluding hydrogens is 452 g/mol. The van der Waals surface area contributed by atoms with Crippen molar-refractivity contribution in [1.82, 2.24) is 14.1 Å². The Bertz CT molecular complexity index is 1220. The lowest BCUT2D eigenvalue weighted by atomic mass is 10.2. The third-order valence-corrected chi connectivity index (χ3v) is 5.00. The maximum atomic E-state index is 13.2. The fraction of sp³-hybridized carbons (Fsp3) is 0.273. The average molecular weight is 475 g/mol. The Hall–Kier alpha value is -3.63. The van der Waals surface area contributed by atoms with E-state index in [1.54, 1.807) is 48.5 Å². The van der Waals surface area contributed by atoms with E-state index in [1.165, 1.54) is 11.5 Å². The van der Waals surface area contributed by atoms with E-state index in [0.717, 1.165) is 10.1 Å². The highest BCUT2D eigenvalue weighted by molar-refractivity contribution is 6.30. The van der Waals surface area contributed by atoms with E-state index < -0.39 is 23.3 Å². The zero-order valence-electron chi connectivity index (χ0n) is 17.8. The van der Waals surface area contributed by atoms with Gasteiger partial charge in [0.05, 0.1) is 19.1 Å². The standard InChI is InChI=1S/C22H23ClN4O6/c1-14(19(29)30)12-27-21(31)25-20(24-17-6-8-18(9-7-17)33-11-10-28)26(22(27)32)13-15-2-4-16(23)5-3-15/h2-9,14,28H,10-13H2,1H3,(H,29,30)(H,24,25,31)/t14-/m0/s1. The Morgan fingerprint density at radius 3 is 2.39 bits per heavy atom. The molecule has 0 saturated carbocycles. The maximum Gasteiger partial charge on any atom is 0.354 e. The van der Waals surface area contributed by atoms with Gasteiger partial charge in [0.1, 0.15) is 12.4 Å². The molecule has 2 aromatic carbocycles. The van der Waals surface area contributed by atoms with Crippen LogP contribution in [-0.2, 0) is 17.9 Å². The molecule has 3 aromatic rings. The molecular formula is C22H23ClN4O6. The van der Waals surface area contributed by atoms with Gasteiger partial charge in [0.15, 0.2) is 0 Å². The highest BCUT2D eigenvalue weighted by atomic mass is 35.5. The van der Waals surface area contributed by atoms with Gasteiger partial charge >= 0.3 is 17.3 Å². The number of carboxylic acids is 1. The lowest BCUT2D eigenvalue weighted by Crippen LogP contribution is -2.44. The van der Waals surface area contributed by atoms with Gasteiger partial charge in [-0.15, -0.1) is 0 Å². The molecule has 0 aliphatic heterocycles. The van der Waals surface area contributed by atoms with Crippen LogP contribution in [-0.4, -0.2) is 43.5 Å². The number of hydrogen-bond acceptors (Lipinski definition) is 7. The number of nitrogens with zero attached hydrogens (tertiary/aromatic N) is 3. The van der Waals surface area contributed by atoms with Gasteiger partial charge in [-0.3, -0.25) is 9.36 Å². The van der Waals surface area contributed by atoms with Crippen molar-refractivity contribution in [2.45, 2.75) is 20.0 Å². The Morgan fingerprint density at radius 2 is 1.79 bits per heavy atom. The van der Waals surface area contributed by atoms with Crippen molar-refractivity contribution in [3.8, 4) is 5.75 Å². The van der Waals surface area contributed by atoms with Crippen LogP contribution >= 0.6 is 11.6 Å². The zero-order chi connectivity index (χ0) is 24.0. The average Bonchev–Trinajstić information content (AvgIpc) is 2.79. The molecule has 0 unspecified atom stereocenters. The molecule has 0 fully saturated rings. The van der Waals surface area contributed by atoms with Crippen molar-refractivity contribution in [2.24, 2.45) is 5.92 Å². The van der Waals surface area contributed by atoms with Gasteiger partial charge in [0.25, 0.3) is 0 Å². The van der Waals surface area contributed by atoms with Crippen molar-refractivity contribution in [2.75, 3.05) is 18.5 Å². The molecule has 3 N–H and O–H groups in total. The molecule has 1 atom stereocenters. The predicted octanol–water partition coefficient (Wildman–Crippen LogP) is 1.94. The van der Waals surface area contributed by atoms with Gasteiger partial charge in [-0.1, -0.05) is 30.7 Å². The largest absolute Gasteiger partial charge is 0.491 e.